The van der Waals surface area contributed by atoms with Gasteiger partial charge in [-0.25, -0.2) is 0 Å². The Bertz CT molecular complexity index is 705. The number of tetrazole rings is 1. The Morgan fingerprint density at radius 1 is 1.21 bits per heavy atom. The lowest BCUT2D eigenvalue weighted by molar-refractivity contribution is -0.136. The first-order valence-corrected chi connectivity index (χ1v) is 7.63. The summed E-state index contributed by atoms with van der Waals surface area (Å²) >= 11 is 0. The van der Waals surface area contributed by atoms with Gasteiger partial charge in [0.05, 0.1) is 6.54 Å². The molecule has 0 saturated heterocycles. The van der Waals surface area contributed by atoms with E-state index in [4.69, 9.17) is 0 Å². The van der Waals surface area contributed by atoms with Gasteiger partial charge in [0.1, 0.15) is 6.54 Å². The highest BCUT2D eigenvalue weighted by Gasteiger charge is 2.18. The van der Waals surface area contributed by atoms with Crippen LogP contribution in [0.5, 0.6) is 0 Å². The van der Waals surface area contributed by atoms with Crippen molar-refractivity contribution in [3.05, 3.63) is 30.3 Å². The highest BCUT2D eigenvalue weighted by molar-refractivity contribution is 5.84. The van der Waals surface area contributed by atoms with E-state index in [-0.39, 0.29) is 30.4 Å². The Kier molecular flexibility index (Phi) is 5.28. The number of nitrogens with one attached hydrogen (secondary N) is 1. The number of carbonyl (C=O) groups is 2. The molecule has 0 bridgehead atoms. The molecule has 0 radical (unpaired) electrons. The maximum absolute atomic E-state index is 12.2. The van der Waals surface area contributed by atoms with Gasteiger partial charge in [-0.15, -0.1) is 10.2 Å². The topological polar surface area (TPSA) is 93.0 Å². The molecular weight excluding hydrogens is 308 g/mol. The Morgan fingerprint density at radius 2 is 1.88 bits per heavy atom. The Labute approximate surface area is 140 Å². The predicted molar refractivity (Wildman–Crippen MR) is 88.8 cm³/mol. The van der Waals surface area contributed by atoms with E-state index in [1.165, 1.54) is 9.70 Å². The molecule has 0 aliphatic carbocycles. The van der Waals surface area contributed by atoms with E-state index >= 15 is 0 Å². The third-order valence-corrected chi connectivity index (χ3v) is 3.08. The standard InChI is InChI=1S/C16H22N6O2/c1-16(2,3)17-13(23)10-21(4)14(24)11-22-19-15(18-20-22)12-8-6-5-7-9-12/h5-9H,10-11H2,1-4H3,(H,17,23). The van der Waals surface area contributed by atoms with E-state index in [1.807, 2.05) is 51.1 Å². The largest absolute Gasteiger partial charge is 0.350 e. The van der Waals surface area contributed by atoms with Crippen LogP contribution in [0.3, 0.4) is 0 Å². The molecule has 2 rings (SSSR count). The highest BCUT2D eigenvalue weighted by Crippen LogP contribution is 2.11. The van der Waals surface area contributed by atoms with Crippen molar-refractivity contribution < 1.29 is 9.59 Å². The van der Waals surface area contributed by atoms with Crippen molar-refractivity contribution in [1.82, 2.24) is 30.4 Å². The summed E-state index contributed by atoms with van der Waals surface area (Å²) in [4.78, 5) is 26.6. The van der Waals surface area contributed by atoms with Gasteiger partial charge in [-0.05, 0) is 26.0 Å². The second-order valence-electron chi connectivity index (χ2n) is 6.56. The number of likely N-dealkylation sites (N-methyl/N-ethyl adjacent to an activating group) is 1. The first kappa shape index (κ1) is 17.6. The minimum Gasteiger partial charge on any atom is -0.350 e. The summed E-state index contributed by atoms with van der Waals surface area (Å²) in [5.74, 6) is -0.0255. The fraction of sp³-hybridized carbons (Fsp3) is 0.438. The van der Waals surface area contributed by atoms with Crippen LogP contribution in [0.1, 0.15) is 20.8 Å². The van der Waals surface area contributed by atoms with Crippen LogP contribution in [0.25, 0.3) is 11.4 Å². The van der Waals surface area contributed by atoms with Crippen LogP contribution in [-0.2, 0) is 16.1 Å². The summed E-state index contributed by atoms with van der Waals surface area (Å²) in [5.41, 5.74) is 0.494. The molecule has 1 N–H and O–H groups in total. The van der Waals surface area contributed by atoms with Gasteiger partial charge >= 0.3 is 0 Å². The Balaban J connectivity index is 1.92. The number of benzene rings is 1. The van der Waals surface area contributed by atoms with Gasteiger partial charge in [-0.3, -0.25) is 9.59 Å². The molecule has 1 aromatic carbocycles. The quantitative estimate of drug-likeness (QED) is 0.871. The summed E-state index contributed by atoms with van der Waals surface area (Å²) in [5, 5.41) is 14.8. The summed E-state index contributed by atoms with van der Waals surface area (Å²) in [6.45, 7) is 5.57. The lowest BCUT2D eigenvalue weighted by Crippen LogP contribution is -2.46. The van der Waals surface area contributed by atoms with Crippen LogP contribution < -0.4 is 5.32 Å². The van der Waals surface area contributed by atoms with Crippen molar-refractivity contribution >= 4 is 11.8 Å². The van der Waals surface area contributed by atoms with E-state index in [1.54, 1.807) is 7.05 Å². The average molecular weight is 330 g/mol. The smallest absolute Gasteiger partial charge is 0.246 e. The zero-order valence-corrected chi connectivity index (χ0v) is 14.4. The van der Waals surface area contributed by atoms with Gasteiger partial charge in [0.2, 0.25) is 17.6 Å². The van der Waals surface area contributed by atoms with Gasteiger partial charge in [-0.2, -0.15) is 4.80 Å². The number of amides is 2. The fourth-order valence-corrected chi connectivity index (χ4v) is 2.02. The van der Waals surface area contributed by atoms with Gasteiger partial charge in [0.25, 0.3) is 0 Å². The molecule has 0 atom stereocenters. The molecule has 8 nitrogen and oxygen atoms in total. The third-order valence-electron chi connectivity index (χ3n) is 3.08. The maximum atomic E-state index is 12.2. The molecule has 0 unspecified atom stereocenters. The van der Waals surface area contributed by atoms with Crippen molar-refractivity contribution in [2.45, 2.75) is 32.9 Å². The minimum atomic E-state index is -0.334. The number of nitrogens with zero attached hydrogens (tertiary/aromatic N) is 5. The van der Waals surface area contributed by atoms with E-state index in [0.717, 1.165) is 5.56 Å². The van der Waals surface area contributed by atoms with Crippen LogP contribution in [0.15, 0.2) is 30.3 Å². The predicted octanol–water partition coefficient (Wildman–Crippen LogP) is 0.713. The molecule has 0 fully saturated rings. The molecule has 24 heavy (non-hydrogen) atoms. The van der Waals surface area contributed by atoms with Crippen LogP contribution in [-0.4, -0.2) is 56.1 Å². The highest BCUT2D eigenvalue weighted by atomic mass is 16.2. The molecule has 1 aromatic heterocycles. The summed E-state index contributed by atoms with van der Waals surface area (Å²) in [6, 6.07) is 9.39. The zero-order valence-electron chi connectivity index (χ0n) is 14.4. The first-order valence-electron chi connectivity index (χ1n) is 7.63. The molecule has 128 valence electrons. The number of carbonyl (C=O) groups excluding carboxylic acids is 2. The van der Waals surface area contributed by atoms with E-state index in [9.17, 15) is 9.59 Å². The molecule has 0 saturated carbocycles. The molecule has 0 aliphatic heterocycles. The van der Waals surface area contributed by atoms with Crippen molar-refractivity contribution in [1.29, 1.82) is 0 Å². The lowest BCUT2D eigenvalue weighted by atomic mass is 10.1. The van der Waals surface area contributed by atoms with Crippen LogP contribution in [0.4, 0.5) is 0 Å². The Morgan fingerprint density at radius 3 is 2.50 bits per heavy atom. The maximum Gasteiger partial charge on any atom is 0.246 e. The molecule has 0 aliphatic rings. The van der Waals surface area contributed by atoms with Crippen LogP contribution >= 0.6 is 0 Å². The van der Waals surface area contributed by atoms with Crippen LogP contribution in [0, 0.1) is 0 Å². The van der Waals surface area contributed by atoms with Crippen molar-refractivity contribution in [2.75, 3.05) is 13.6 Å². The average Bonchev–Trinajstić information content (AvgIpc) is 2.94. The van der Waals surface area contributed by atoms with Gasteiger partial charge in [0, 0.05) is 18.2 Å². The van der Waals surface area contributed by atoms with Crippen LogP contribution in [0.2, 0.25) is 0 Å². The molecule has 1 heterocycles. The second kappa shape index (κ2) is 7.20. The van der Waals surface area contributed by atoms with Crippen molar-refractivity contribution in [3.8, 4) is 11.4 Å². The van der Waals surface area contributed by atoms with E-state index in [2.05, 4.69) is 20.7 Å². The van der Waals surface area contributed by atoms with E-state index < -0.39 is 0 Å². The molecule has 2 aromatic rings. The summed E-state index contributed by atoms with van der Waals surface area (Å²) in [7, 11) is 1.57. The number of hydrogen-bond donors (Lipinski definition) is 1. The SMILES string of the molecule is CN(CC(=O)NC(C)(C)C)C(=O)Cn1nnc(-c2ccccc2)n1. The third kappa shape index (κ3) is 5.15. The second-order valence-corrected chi connectivity index (χ2v) is 6.56. The first-order chi connectivity index (χ1) is 11.2. The lowest BCUT2D eigenvalue weighted by Gasteiger charge is -2.23. The minimum absolute atomic E-state index is 0.0175. The number of aromatic nitrogens is 4. The zero-order chi connectivity index (χ0) is 17.7. The van der Waals surface area contributed by atoms with E-state index in [0.29, 0.717) is 5.82 Å². The Hall–Kier alpha value is -2.77. The number of hydrogen-bond acceptors (Lipinski definition) is 5. The molecular formula is C16H22N6O2. The molecule has 2 amide bonds. The van der Waals surface area contributed by atoms with Crippen molar-refractivity contribution in [2.24, 2.45) is 0 Å². The summed E-state index contributed by atoms with van der Waals surface area (Å²) < 4.78 is 0. The van der Waals surface area contributed by atoms with Crippen molar-refractivity contribution in [3.63, 3.8) is 0 Å². The number of rotatable bonds is 5. The fourth-order valence-electron chi connectivity index (χ4n) is 2.02. The monoisotopic (exact) mass is 330 g/mol. The van der Waals surface area contributed by atoms with Gasteiger partial charge < -0.3 is 10.2 Å². The van der Waals surface area contributed by atoms with Gasteiger partial charge in [-0.1, -0.05) is 30.3 Å². The molecule has 8 heteroatoms. The normalized spacial score (nSPS) is 11.2. The molecule has 0 spiro atoms. The summed E-state index contributed by atoms with van der Waals surface area (Å²) in [6.07, 6.45) is 0. The van der Waals surface area contributed by atoms with Gasteiger partial charge in [0.15, 0.2) is 0 Å².